The summed E-state index contributed by atoms with van der Waals surface area (Å²) in [6.07, 6.45) is 1.72. The Hall–Kier alpha value is -3.07. The van der Waals surface area contributed by atoms with Gasteiger partial charge in [0.15, 0.2) is 0 Å². The molecule has 1 aromatic carbocycles. The van der Waals surface area contributed by atoms with E-state index in [1.807, 2.05) is 12.1 Å². The van der Waals surface area contributed by atoms with Crippen molar-refractivity contribution in [1.82, 2.24) is 20.5 Å². The van der Waals surface area contributed by atoms with Crippen LogP contribution in [0.2, 0.25) is 0 Å². The normalized spacial score (nSPS) is 15.4. The summed E-state index contributed by atoms with van der Waals surface area (Å²) in [4.78, 5) is 34.3. The molecule has 1 aromatic heterocycles. The Labute approximate surface area is 193 Å². The summed E-state index contributed by atoms with van der Waals surface area (Å²) in [6.45, 7) is 10.8. The van der Waals surface area contributed by atoms with Crippen molar-refractivity contribution < 1.29 is 18.4 Å². The first kappa shape index (κ1) is 24.6. The van der Waals surface area contributed by atoms with Crippen LogP contribution >= 0.6 is 0 Å². The number of anilines is 1. The minimum absolute atomic E-state index is 0.225. The molecule has 9 heteroatoms. The van der Waals surface area contributed by atoms with Gasteiger partial charge in [-0.1, -0.05) is 32.9 Å². The zero-order valence-corrected chi connectivity index (χ0v) is 19.3. The highest BCUT2D eigenvalue weighted by atomic mass is 19.1. The smallest absolute Gasteiger partial charge is 0.257 e. The van der Waals surface area contributed by atoms with Crippen LogP contribution in [0.25, 0.3) is 0 Å². The van der Waals surface area contributed by atoms with Gasteiger partial charge in [-0.2, -0.15) is 0 Å². The number of nitrogens with zero attached hydrogens (tertiary/aromatic N) is 3. The Balaban J connectivity index is 1.57. The van der Waals surface area contributed by atoms with Gasteiger partial charge in [0, 0.05) is 38.9 Å². The number of aromatic nitrogens is 1. The number of amides is 2. The molecule has 1 aliphatic rings. The topological polar surface area (TPSA) is 77.6 Å². The molecule has 0 bridgehead atoms. The second-order valence-corrected chi connectivity index (χ2v) is 8.46. The molecule has 2 amide bonds. The molecule has 0 spiro atoms. The summed E-state index contributed by atoms with van der Waals surface area (Å²) in [5.41, 5.74) is 0.115. The minimum atomic E-state index is -0.974. The lowest BCUT2D eigenvalue weighted by atomic mass is 10.0. The molecule has 0 aliphatic carbocycles. The Morgan fingerprint density at radius 2 is 1.73 bits per heavy atom. The van der Waals surface area contributed by atoms with E-state index in [-0.39, 0.29) is 12.5 Å². The first-order valence-corrected chi connectivity index (χ1v) is 11.2. The highest BCUT2D eigenvalue weighted by Gasteiger charge is 2.27. The summed E-state index contributed by atoms with van der Waals surface area (Å²) < 4.78 is 27.8. The Morgan fingerprint density at radius 3 is 2.27 bits per heavy atom. The van der Waals surface area contributed by atoms with Gasteiger partial charge in [0.05, 0.1) is 0 Å². The second kappa shape index (κ2) is 11.2. The molecule has 1 saturated heterocycles. The summed E-state index contributed by atoms with van der Waals surface area (Å²) >= 11 is 0. The number of nitrogens with one attached hydrogen (secondary N) is 2. The van der Waals surface area contributed by atoms with E-state index < -0.39 is 35.1 Å². The SMILES string of the molecule is CCN1CCN(c2ccc(CNC(=O)C(NC(=O)c3c(F)cccc3F)C(C)C)cn2)CC1. The zero-order chi connectivity index (χ0) is 24.0. The number of piperazine rings is 1. The lowest BCUT2D eigenvalue weighted by Gasteiger charge is -2.34. The largest absolute Gasteiger partial charge is 0.354 e. The third kappa shape index (κ3) is 6.25. The van der Waals surface area contributed by atoms with Crippen LogP contribution in [0.15, 0.2) is 36.5 Å². The minimum Gasteiger partial charge on any atom is -0.354 e. The van der Waals surface area contributed by atoms with Crippen LogP contribution in [0.1, 0.15) is 36.7 Å². The monoisotopic (exact) mass is 459 g/mol. The molecule has 1 unspecified atom stereocenters. The van der Waals surface area contributed by atoms with Crippen LogP contribution in [-0.4, -0.2) is 60.5 Å². The number of halogens is 2. The van der Waals surface area contributed by atoms with Crippen molar-refractivity contribution in [2.45, 2.75) is 33.4 Å². The molecule has 178 valence electrons. The van der Waals surface area contributed by atoms with E-state index in [1.165, 1.54) is 6.07 Å². The number of pyridine rings is 1. The van der Waals surface area contributed by atoms with Crippen LogP contribution in [0.4, 0.5) is 14.6 Å². The maximum atomic E-state index is 13.9. The van der Waals surface area contributed by atoms with Crippen LogP contribution < -0.4 is 15.5 Å². The first-order valence-electron chi connectivity index (χ1n) is 11.2. The lowest BCUT2D eigenvalue weighted by Crippen LogP contribution is -2.49. The highest BCUT2D eigenvalue weighted by Crippen LogP contribution is 2.15. The quantitative estimate of drug-likeness (QED) is 0.635. The van der Waals surface area contributed by atoms with E-state index in [4.69, 9.17) is 0 Å². The van der Waals surface area contributed by atoms with Crippen LogP contribution in [-0.2, 0) is 11.3 Å². The van der Waals surface area contributed by atoms with Gasteiger partial charge in [-0.3, -0.25) is 9.59 Å². The number of benzene rings is 1. The average molecular weight is 460 g/mol. The predicted octanol–water partition coefficient (Wildman–Crippen LogP) is 2.57. The summed E-state index contributed by atoms with van der Waals surface area (Å²) in [7, 11) is 0. The number of hydrogen-bond acceptors (Lipinski definition) is 5. The average Bonchev–Trinajstić information content (AvgIpc) is 2.81. The predicted molar refractivity (Wildman–Crippen MR) is 123 cm³/mol. The molecule has 0 radical (unpaired) electrons. The van der Waals surface area contributed by atoms with E-state index in [2.05, 4.69) is 32.3 Å². The maximum Gasteiger partial charge on any atom is 0.257 e. The van der Waals surface area contributed by atoms with E-state index >= 15 is 0 Å². The van der Waals surface area contributed by atoms with Gasteiger partial charge in [-0.25, -0.2) is 13.8 Å². The number of hydrogen-bond donors (Lipinski definition) is 2. The molecule has 0 saturated carbocycles. The Morgan fingerprint density at radius 1 is 1.06 bits per heavy atom. The van der Waals surface area contributed by atoms with Crippen molar-refractivity contribution in [1.29, 1.82) is 0 Å². The fourth-order valence-electron chi connectivity index (χ4n) is 3.76. The van der Waals surface area contributed by atoms with Crippen molar-refractivity contribution in [2.24, 2.45) is 5.92 Å². The molecular formula is C24H31F2N5O2. The van der Waals surface area contributed by atoms with Crippen molar-refractivity contribution >= 4 is 17.6 Å². The van der Waals surface area contributed by atoms with Crippen molar-refractivity contribution in [3.63, 3.8) is 0 Å². The molecule has 2 aromatic rings. The third-order valence-corrected chi connectivity index (χ3v) is 5.84. The number of carbonyl (C=O) groups is 2. The molecule has 1 atom stereocenters. The molecule has 3 rings (SSSR count). The van der Waals surface area contributed by atoms with Gasteiger partial charge in [0.1, 0.15) is 29.1 Å². The van der Waals surface area contributed by atoms with E-state index in [0.29, 0.717) is 0 Å². The number of likely N-dealkylation sites (N-methyl/N-ethyl adjacent to an activating group) is 1. The van der Waals surface area contributed by atoms with Crippen molar-refractivity contribution in [3.05, 3.63) is 59.3 Å². The van der Waals surface area contributed by atoms with Crippen LogP contribution in [0, 0.1) is 17.6 Å². The van der Waals surface area contributed by atoms with Crippen molar-refractivity contribution in [2.75, 3.05) is 37.6 Å². The van der Waals surface area contributed by atoms with Gasteiger partial charge < -0.3 is 20.4 Å². The molecule has 1 aliphatic heterocycles. The van der Waals surface area contributed by atoms with E-state index in [1.54, 1.807) is 20.0 Å². The fourth-order valence-corrected chi connectivity index (χ4v) is 3.76. The summed E-state index contributed by atoms with van der Waals surface area (Å²) in [5.74, 6) is -2.73. The van der Waals surface area contributed by atoms with Gasteiger partial charge in [0.2, 0.25) is 5.91 Å². The molecule has 7 nitrogen and oxygen atoms in total. The number of carbonyl (C=O) groups excluding carboxylic acids is 2. The van der Waals surface area contributed by atoms with Gasteiger partial charge in [-0.05, 0) is 36.2 Å². The first-order chi connectivity index (χ1) is 15.8. The van der Waals surface area contributed by atoms with E-state index in [0.717, 1.165) is 56.2 Å². The molecular weight excluding hydrogens is 428 g/mol. The molecule has 2 heterocycles. The van der Waals surface area contributed by atoms with Gasteiger partial charge in [-0.15, -0.1) is 0 Å². The van der Waals surface area contributed by atoms with Gasteiger partial charge in [0.25, 0.3) is 5.91 Å². The molecule has 33 heavy (non-hydrogen) atoms. The van der Waals surface area contributed by atoms with Crippen LogP contribution in [0.3, 0.4) is 0 Å². The molecule has 1 fully saturated rings. The van der Waals surface area contributed by atoms with E-state index in [9.17, 15) is 18.4 Å². The Kier molecular flexibility index (Phi) is 8.32. The maximum absolute atomic E-state index is 13.9. The van der Waals surface area contributed by atoms with Crippen LogP contribution in [0.5, 0.6) is 0 Å². The number of rotatable bonds is 8. The fraction of sp³-hybridized carbons (Fsp3) is 0.458. The second-order valence-electron chi connectivity index (χ2n) is 8.46. The zero-order valence-electron chi connectivity index (χ0n) is 19.3. The lowest BCUT2D eigenvalue weighted by molar-refractivity contribution is -0.124. The standard InChI is InChI=1S/C24H31F2N5O2/c1-4-30-10-12-31(13-11-30)20-9-8-17(14-27-20)15-28-24(33)22(16(2)3)29-23(32)21-18(25)6-5-7-19(21)26/h5-9,14,16,22H,4,10-13,15H2,1-3H3,(H,28,33)(H,29,32). The van der Waals surface area contributed by atoms with Crippen molar-refractivity contribution in [3.8, 4) is 0 Å². The third-order valence-electron chi connectivity index (χ3n) is 5.84. The summed E-state index contributed by atoms with van der Waals surface area (Å²) in [6, 6.07) is 6.08. The highest BCUT2D eigenvalue weighted by molar-refractivity contribution is 5.98. The van der Waals surface area contributed by atoms with Gasteiger partial charge >= 0.3 is 0 Å². The summed E-state index contributed by atoms with van der Waals surface area (Å²) in [5, 5.41) is 5.23. The molecule has 2 N–H and O–H groups in total. The Bertz CT molecular complexity index is 940.